The van der Waals surface area contributed by atoms with Crippen LogP contribution in [0.25, 0.3) is 0 Å². The predicted molar refractivity (Wildman–Crippen MR) is 105 cm³/mol. The van der Waals surface area contributed by atoms with Gasteiger partial charge in [0.25, 0.3) is 5.91 Å². The topological polar surface area (TPSA) is 44.8 Å². The number of nitrogens with one attached hydrogen (secondary N) is 1. The molecule has 1 saturated heterocycles. The van der Waals surface area contributed by atoms with Crippen LogP contribution in [0.4, 0.5) is 10.1 Å². The van der Waals surface area contributed by atoms with E-state index < -0.39 is 0 Å². The highest BCUT2D eigenvalue weighted by molar-refractivity contribution is 6.30. The normalized spacial score (nSPS) is 14.8. The molecule has 0 aromatic heterocycles. The van der Waals surface area contributed by atoms with Gasteiger partial charge in [0, 0.05) is 50.0 Å². The Morgan fingerprint density at radius 1 is 1.04 bits per heavy atom. The third-order valence-electron chi connectivity index (χ3n) is 4.50. The zero-order valence-corrected chi connectivity index (χ0v) is 15.8. The van der Waals surface area contributed by atoms with Crippen molar-refractivity contribution in [3.05, 3.63) is 59.4 Å². The number of benzene rings is 2. The quantitative estimate of drug-likeness (QED) is 0.788. The Hall–Kier alpha value is -2.31. The van der Waals surface area contributed by atoms with E-state index in [2.05, 4.69) is 15.1 Å². The van der Waals surface area contributed by atoms with Crippen molar-refractivity contribution in [1.82, 2.24) is 10.2 Å². The SMILES string of the molecule is O=C(COc1ccc(F)cc1)NCCN1CCN(c2ccc(Cl)cc2)CC1. The van der Waals surface area contributed by atoms with E-state index in [1.54, 1.807) is 0 Å². The second-order valence-corrected chi connectivity index (χ2v) is 6.83. The smallest absolute Gasteiger partial charge is 0.257 e. The van der Waals surface area contributed by atoms with E-state index in [0.29, 0.717) is 12.3 Å². The van der Waals surface area contributed by atoms with Crippen molar-refractivity contribution in [2.24, 2.45) is 0 Å². The van der Waals surface area contributed by atoms with Crippen molar-refractivity contribution in [3.63, 3.8) is 0 Å². The summed E-state index contributed by atoms with van der Waals surface area (Å²) in [5, 5.41) is 3.60. The number of halogens is 2. The molecular weight excluding hydrogens is 369 g/mol. The molecule has 0 spiro atoms. The molecule has 0 unspecified atom stereocenters. The zero-order chi connectivity index (χ0) is 19.1. The van der Waals surface area contributed by atoms with Gasteiger partial charge in [-0.2, -0.15) is 0 Å². The molecule has 5 nitrogen and oxygen atoms in total. The molecule has 1 fully saturated rings. The first-order chi connectivity index (χ1) is 13.1. The molecular formula is C20H23ClFN3O2. The van der Waals surface area contributed by atoms with Gasteiger partial charge in [0.2, 0.25) is 0 Å². The number of carbonyl (C=O) groups excluding carboxylic acids is 1. The van der Waals surface area contributed by atoms with Gasteiger partial charge in [0.15, 0.2) is 6.61 Å². The number of nitrogens with zero attached hydrogens (tertiary/aromatic N) is 2. The largest absolute Gasteiger partial charge is 0.484 e. The molecule has 0 radical (unpaired) electrons. The molecule has 27 heavy (non-hydrogen) atoms. The molecule has 1 aliphatic rings. The Morgan fingerprint density at radius 2 is 1.70 bits per heavy atom. The number of ether oxygens (including phenoxy) is 1. The number of piperazine rings is 1. The number of amides is 1. The second kappa shape index (κ2) is 9.58. The van der Waals surface area contributed by atoms with E-state index >= 15 is 0 Å². The Labute approximate surface area is 163 Å². The third kappa shape index (κ3) is 6.12. The zero-order valence-electron chi connectivity index (χ0n) is 15.0. The van der Waals surface area contributed by atoms with Gasteiger partial charge in [-0.1, -0.05) is 11.6 Å². The van der Waals surface area contributed by atoms with Gasteiger partial charge in [-0.05, 0) is 48.5 Å². The molecule has 7 heteroatoms. The van der Waals surface area contributed by atoms with Gasteiger partial charge >= 0.3 is 0 Å². The third-order valence-corrected chi connectivity index (χ3v) is 4.75. The van der Waals surface area contributed by atoms with Crippen molar-refractivity contribution < 1.29 is 13.9 Å². The molecule has 0 bridgehead atoms. The summed E-state index contributed by atoms with van der Waals surface area (Å²) in [5.41, 5.74) is 1.19. The van der Waals surface area contributed by atoms with Crippen LogP contribution >= 0.6 is 11.6 Å². The summed E-state index contributed by atoms with van der Waals surface area (Å²) >= 11 is 5.93. The van der Waals surface area contributed by atoms with Crippen molar-refractivity contribution in [2.45, 2.75) is 0 Å². The van der Waals surface area contributed by atoms with E-state index in [0.717, 1.165) is 37.7 Å². The van der Waals surface area contributed by atoms with E-state index in [1.165, 1.54) is 30.0 Å². The summed E-state index contributed by atoms with van der Waals surface area (Å²) in [6.07, 6.45) is 0. The maximum absolute atomic E-state index is 12.8. The van der Waals surface area contributed by atoms with Gasteiger partial charge in [0.1, 0.15) is 11.6 Å². The lowest BCUT2D eigenvalue weighted by Gasteiger charge is -2.36. The Balaban J connectivity index is 1.31. The van der Waals surface area contributed by atoms with E-state index in [9.17, 15) is 9.18 Å². The van der Waals surface area contributed by atoms with Crippen LogP contribution in [0.15, 0.2) is 48.5 Å². The fraction of sp³-hybridized carbons (Fsp3) is 0.350. The van der Waals surface area contributed by atoms with E-state index in [1.807, 2.05) is 24.3 Å². The monoisotopic (exact) mass is 391 g/mol. The number of anilines is 1. The maximum atomic E-state index is 12.8. The summed E-state index contributed by atoms with van der Waals surface area (Å²) in [6.45, 7) is 5.10. The minimum absolute atomic E-state index is 0.0734. The van der Waals surface area contributed by atoms with E-state index in [4.69, 9.17) is 16.3 Å². The highest BCUT2D eigenvalue weighted by atomic mass is 35.5. The molecule has 144 valence electrons. The predicted octanol–water partition coefficient (Wildman–Crippen LogP) is 2.80. The molecule has 2 aromatic carbocycles. The Bertz CT molecular complexity index is 732. The van der Waals surface area contributed by atoms with Crippen LogP contribution < -0.4 is 15.0 Å². The lowest BCUT2D eigenvalue weighted by atomic mass is 10.2. The van der Waals surface area contributed by atoms with E-state index in [-0.39, 0.29) is 18.3 Å². The van der Waals surface area contributed by atoms with Gasteiger partial charge in [-0.15, -0.1) is 0 Å². The minimum atomic E-state index is -0.331. The summed E-state index contributed by atoms with van der Waals surface area (Å²) in [4.78, 5) is 16.5. The average molecular weight is 392 g/mol. The molecule has 3 rings (SSSR count). The van der Waals surface area contributed by atoms with Crippen LogP contribution in [0.3, 0.4) is 0 Å². The molecule has 1 aliphatic heterocycles. The summed E-state index contributed by atoms with van der Waals surface area (Å²) in [7, 11) is 0. The van der Waals surface area contributed by atoms with Crippen molar-refractivity contribution >= 4 is 23.2 Å². The van der Waals surface area contributed by atoms with Crippen LogP contribution in [-0.2, 0) is 4.79 Å². The number of carbonyl (C=O) groups is 1. The van der Waals surface area contributed by atoms with Gasteiger partial charge in [-0.25, -0.2) is 4.39 Å². The van der Waals surface area contributed by atoms with Crippen LogP contribution in [0.5, 0.6) is 5.75 Å². The van der Waals surface area contributed by atoms with Crippen LogP contribution in [0.1, 0.15) is 0 Å². The van der Waals surface area contributed by atoms with Crippen molar-refractivity contribution in [1.29, 1.82) is 0 Å². The van der Waals surface area contributed by atoms with Crippen molar-refractivity contribution in [3.8, 4) is 5.75 Å². The van der Waals surface area contributed by atoms with Crippen LogP contribution in [-0.4, -0.2) is 56.7 Å². The fourth-order valence-electron chi connectivity index (χ4n) is 2.97. The standard InChI is InChI=1S/C20H23ClFN3O2/c21-16-1-5-18(6-2-16)25-13-11-24(12-14-25)10-9-23-20(26)15-27-19-7-3-17(22)4-8-19/h1-8H,9-15H2,(H,23,26). The fourth-order valence-corrected chi connectivity index (χ4v) is 3.09. The number of hydrogen-bond donors (Lipinski definition) is 1. The molecule has 0 saturated carbocycles. The molecule has 1 heterocycles. The lowest BCUT2D eigenvalue weighted by Crippen LogP contribution is -2.48. The highest BCUT2D eigenvalue weighted by Gasteiger charge is 2.17. The average Bonchev–Trinajstić information content (AvgIpc) is 2.69. The molecule has 1 N–H and O–H groups in total. The number of hydrogen-bond acceptors (Lipinski definition) is 4. The summed E-state index contributed by atoms with van der Waals surface area (Å²) in [5.74, 6) is -0.0352. The highest BCUT2D eigenvalue weighted by Crippen LogP contribution is 2.19. The summed E-state index contributed by atoms with van der Waals surface area (Å²) in [6, 6.07) is 13.5. The Morgan fingerprint density at radius 3 is 2.37 bits per heavy atom. The first kappa shape index (κ1) is 19.5. The molecule has 0 aliphatic carbocycles. The number of rotatable bonds is 7. The van der Waals surface area contributed by atoms with Gasteiger partial charge in [0.05, 0.1) is 0 Å². The Kier molecular flexibility index (Phi) is 6.90. The summed E-state index contributed by atoms with van der Waals surface area (Å²) < 4.78 is 18.1. The van der Waals surface area contributed by atoms with Crippen LogP contribution in [0, 0.1) is 5.82 Å². The first-order valence-electron chi connectivity index (χ1n) is 8.98. The van der Waals surface area contributed by atoms with Crippen LogP contribution in [0.2, 0.25) is 5.02 Å². The molecule has 0 atom stereocenters. The lowest BCUT2D eigenvalue weighted by molar-refractivity contribution is -0.123. The molecule has 2 aromatic rings. The second-order valence-electron chi connectivity index (χ2n) is 6.40. The maximum Gasteiger partial charge on any atom is 0.257 e. The molecule has 1 amide bonds. The van der Waals surface area contributed by atoms with Crippen molar-refractivity contribution in [2.75, 3.05) is 50.8 Å². The van der Waals surface area contributed by atoms with Gasteiger partial charge < -0.3 is 15.0 Å². The first-order valence-corrected chi connectivity index (χ1v) is 9.36. The minimum Gasteiger partial charge on any atom is -0.484 e. The van der Waals surface area contributed by atoms with Gasteiger partial charge in [-0.3, -0.25) is 9.69 Å².